The molecule has 1 N–H and O–H groups in total. The zero-order valence-corrected chi connectivity index (χ0v) is 11.7. The number of hydrogen-bond donors (Lipinski definition) is 1. The Morgan fingerprint density at radius 3 is 3.06 bits per heavy atom. The van der Waals surface area contributed by atoms with E-state index in [0.29, 0.717) is 19.6 Å². The van der Waals surface area contributed by atoms with Gasteiger partial charge in [-0.15, -0.1) is 0 Å². The van der Waals surface area contributed by atoms with Gasteiger partial charge in [-0.2, -0.15) is 0 Å². The van der Waals surface area contributed by atoms with Crippen LogP contribution in [-0.4, -0.2) is 23.9 Å². The highest BCUT2D eigenvalue weighted by atomic mass is 79.9. The second-order valence-corrected chi connectivity index (χ2v) is 5.51. The molecule has 0 radical (unpaired) electrons. The maximum Gasteiger partial charge on any atom is 0.132 e. The third-order valence-electron chi connectivity index (χ3n) is 2.93. The fourth-order valence-corrected chi connectivity index (χ4v) is 2.44. The van der Waals surface area contributed by atoms with Crippen LogP contribution >= 0.6 is 15.9 Å². The van der Waals surface area contributed by atoms with E-state index < -0.39 is 11.7 Å². The molecule has 0 spiro atoms. The maximum atomic E-state index is 10.1. The lowest BCUT2D eigenvalue weighted by Crippen LogP contribution is -2.42. The fourth-order valence-electron chi connectivity index (χ4n) is 2.10. The lowest BCUT2D eigenvalue weighted by atomic mass is 9.91. The third kappa shape index (κ3) is 2.81. The van der Waals surface area contributed by atoms with Gasteiger partial charge in [0.1, 0.15) is 11.4 Å². The highest BCUT2D eigenvalue weighted by Crippen LogP contribution is 2.40. The van der Waals surface area contributed by atoms with Crippen molar-refractivity contribution in [3.63, 3.8) is 0 Å². The molecule has 0 fully saturated rings. The molecule has 1 aromatic carbocycles. The Balaban J connectivity index is 2.25. The second-order valence-electron chi connectivity index (χ2n) is 4.59. The van der Waals surface area contributed by atoms with Gasteiger partial charge in [0.25, 0.3) is 0 Å². The van der Waals surface area contributed by atoms with E-state index in [-0.39, 0.29) is 0 Å². The second kappa shape index (κ2) is 4.96. The molecule has 0 saturated carbocycles. The summed E-state index contributed by atoms with van der Waals surface area (Å²) in [5.41, 5.74) is 0.394. The van der Waals surface area contributed by atoms with E-state index in [1.165, 1.54) is 0 Å². The molecule has 1 aliphatic heterocycles. The Morgan fingerprint density at radius 2 is 2.35 bits per heavy atom. The fraction of sp³-hybridized carbons (Fsp3) is 0.538. The van der Waals surface area contributed by atoms with E-state index >= 15 is 0 Å². The van der Waals surface area contributed by atoms with Gasteiger partial charge in [-0.25, -0.2) is 0 Å². The van der Waals surface area contributed by atoms with Crippen molar-refractivity contribution in [2.75, 3.05) is 13.2 Å². The maximum absolute atomic E-state index is 10.1. The standard InChI is InChI=1S/C13H17BrO3/c1-3-16-8-13(2)7-11(15)10-5-4-9(14)6-12(10)17-13/h4-6,11,15H,3,7-8H2,1-2H3/t11-,13?/m0/s1. The number of benzene rings is 1. The van der Waals surface area contributed by atoms with Crippen molar-refractivity contribution in [1.82, 2.24) is 0 Å². The zero-order chi connectivity index (χ0) is 12.5. The van der Waals surface area contributed by atoms with E-state index in [9.17, 15) is 5.11 Å². The number of fused-ring (bicyclic) bond motifs is 1. The topological polar surface area (TPSA) is 38.7 Å². The Bertz CT molecular complexity index is 408. The summed E-state index contributed by atoms with van der Waals surface area (Å²) in [5, 5.41) is 10.1. The van der Waals surface area contributed by atoms with Crippen molar-refractivity contribution < 1.29 is 14.6 Å². The van der Waals surface area contributed by atoms with Gasteiger partial charge >= 0.3 is 0 Å². The van der Waals surface area contributed by atoms with Crippen molar-refractivity contribution in [3.8, 4) is 5.75 Å². The summed E-state index contributed by atoms with van der Waals surface area (Å²) in [6.07, 6.45) is 0.0686. The van der Waals surface area contributed by atoms with Gasteiger partial charge in [-0.05, 0) is 26.0 Å². The summed E-state index contributed by atoms with van der Waals surface area (Å²) in [4.78, 5) is 0. The molecule has 0 aromatic heterocycles. The van der Waals surface area contributed by atoms with Crippen molar-refractivity contribution in [2.24, 2.45) is 0 Å². The molecule has 0 amide bonds. The number of halogens is 1. The predicted octanol–water partition coefficient (Wildman–Crippen LogP) is 3.06. The van der Waals surface area contributed by atoms with Crippen LogP contribution in [0, 0.1) is 0 Å². The molecule has 1 heterocycles. The number of rotatable bonds is 3. The summed E-state index contributed by atoms with van der Waals surface area (Å²) >= 11 is 3.41. The van der Waals surface area contributed by atoms with Crippen LogP contribution in [0.5, 0.6) is 5.75 Å². The molecule has 0 aliphatic carbocycles. The van der Waals surface area contributed by atoms with E-state index in [1.54, 1.807) is 0 Å². The van der Waals surface area contributed by atoms with E-state index in [1.807, 2.05) is 32.0 Å². The third-order valence-corrected chi connectivity index (χ3v) is 3.42. The van der Waals surface area contributed by atoms with Crippen LogP contribution in [0.1, 0.15) is 31.9 Å². The van der Waals surface area contributed by atoms with E-state index in [2.05, 4.69) is 15.9 Å². The minimum atomic E-state index is -0.489. The van der Waals surface area contributed by atoms with Crippen LogP contribution in [0.3, 0.4) is 0 Å². The molecule has 0 saturated heterocycles. The molecule has 94 valence electrons. The minimum absolute atomic E-state index is 0.455. The summed E-state index contributed by atoms with van der Waals surface area (Å²) in [6.45, 7) is 5.07. The Morgan fingerprint density at radius 1 is 1.59 bits per heavy atom. The average Bonchev–Trinajstić information content (AvgIpc) is 2.25. The predicted molar refractivity (Wildman–Crippen MR) is 69.2 cm³/mol. The first-order chi connectivity index (χ1) is 8.04. The number of aliphatic hydroxyl groups excluding tert-OH is 1. The van der Waals surface area contributed by atoms with Crippen LogP contribution in [0.15, 0.2) is 22.7 Å². The summed E-state index contributed by atoms with van der Waals surface area (Å²) in [7, 11) is 0. The summed E-state index contributed by atoms with van der Waals surface area (Å²) in [6, 6.07) is 5.70. The van der Waals surface area contributed by atoms with Gasteiger partial charge < -0.3 is 14.6 Å². The number of hydrogen-bond acceptors (Lipinski definition) is 3. The lowest BCUT2D eigenvalue weighted by molar-refractivity contribution is -0.0575. The van der Waals surface area contributed by atoms with Crippen LogP contribution in [0.4, 0.5) is 0 Å². The van der Waals surface area contributed by atoms with Gasteiger partial charge in [0.2, 0.25) is 0 Å². The van der Waals surface area contributed by atoms with E-state index in [4.69, 9.17) is 9.47 Å². The summed E-state index contributed by atoms with van der Waals surface area (Å²) in [5.74, 6) is 0.736. The average molecular weight is 301 g/mol. The molecule has 4 heteroatoms. The molecule has 0 bridgehead atoms. The first-order valence-corrected chi connectivity index (χ1v) is 6.57. The van der Waals surface area contributed by atoms with Gasteiger partial charge in [-0.3, -0.25) is 0 Å². The zero-order valence-electron chi connectivity index (χ0n) is 10.1. The first kappa shape index (κ1) is 12.9. The smallest absolute Gasteiger partial charge is 0.132 e. The molecule has 2 atom stereocenters. The number of ether oxygens (including phenoxy) is 2. The van der Waals surface area contributed by atoms with Crippen molar-refractivity contribution >= 4 is 15.9 Å². The highest BCUT2D eigenvalue weighted by Gasteiger charge is 2.36. The first-order valence-electron chi connectivity index (χ1n) is 5.78. The molecule has 3 nitrogen and oxygen atoms in total. The van der Waals surface area contributed by atoms with Crippen molar-refractivity contribution in [1.29, 1.82) is 0 Å². The quantitative estimate of drug-likeness (QED) is 0.932. The monoisotopic (exact) mass is 300 g/mol. The molecular weight excluding hydrogens is 284 g/mol. The largest absolute Gasteiger partial charge is 0.485 e. The lowest BCUT2D eigenvalue weighted by Gasteiger charge is -2.38. The van der Waals surface area contributed by atoms with Gasteiger partial charge in [-0.1, -0.05) is 22.0 Å². The van der Waals surface area contributed by atoms with Gasteiger partial charge in [0.05, 0.1) is 12.7 Å². The van der Waals surface area contributed by atoms with Crippen LogP contribution in [-0.2, 0) is 4.74 Å². The normalized spacial score (nSPS) is 27.4. The van der Waals surface area contributed by atoms with Gasteiger partial charge in [0, 0.05) is 23.1 Å². The van der Waals surface area contributed by atoms with Gasteiger partial charge in [0.15, 0.2) is 0 Å². The Kier molecular flexibility index (Phi) is 3.76. The van der Waals surface area contributed by atoms with E-state index in [0.717, 1.165) is 15.8 Å². The molecule has 1 aromatic rings. The molecular formula is C13H17BrO3. The molecule has 1 aliphatic rings. The van der Waals surface area contributed by atoms with Crippen LogP contribution in [0.2, 0.25) is 0 Å². The Labute approximate surface area is 110 Å². The van der Waals surface area contributed by atoms with Crippen molar-refractivity contribution in [2.45, 2.75) is 32.0 Å². The Hall–Kier alpha value is -0.580. The SMILES string of the molecule is CCOCC1(C)C[C@H](O)c2ccc(Br)cc2O1. The molecule has 1 unspecified atom stereocenters. The van der Waals surface area contributed by atoms with Crippen LogP contribution in [0.25, 0.3) is 0 Å². The number of aliphatic hydroxyl groups is 1. The van der Waals surface area contributed by atoms with Crippen molar-refractivity contribution in [3.05, 3.63) is 28.2 Å². The minimum Gasteiger partial charge on any atom is -0.485 e. The van der Waals surface area contributed by atoms with Crippen LogP contribution < -0.4 is 4.74 Å². The summed E-state index contributed by atoms with van der Waals surface area (Å²) < 4.78 is 12.3. The molecule has 17 heavy (non-hydrogen) atoms. The molecule has 2 rings (SSSR count). The highest BCUT2D eigenvalue weighted by molar-refractivity contribution is 9.10.